The smallest absolute Gasteiger partial charge is 0.257 e. The van der Waals surface area contributed by atoms with Crippen LogP contribution < -0.4 is 4.72 Å². The van der Waals surface area contributed by atoms with Crippen LogP contribution in [0.15, 0.2) is 34.1 Å². The van der Waals surface area contributed by atoms with Crippen molar-refractivity contribution in [3.63, 3.8) is 0 Å². The summed E-state index contributed by atoms with van der Waals surface area (Å²) in [6.07, 6.45) is 5.91. The van der Waals surface area contributed by atoms with E-state index >= 15 is 0 Å². The van der Waals surface area contributed by atoms with E-state index in [0.717, 1.165) is 12.0 Å². The molecule has 9 nitrogen and oxygen atoms in total. The molecule has 1 fully saturated rings. The van der Waals surface area contributed by atoms with Gasteiger partial charge in [0.05, 0.1) is 29.5 Å². The number of nitrogens with one attached hydrogen (secondary N) is 1. The highest BCUT2D eigenvalue weighted by molar-refractivity contribution is 7.89. The quantitative estimate of drug-likeness (QED) is 0.732. The lowest BCUT2D eigenvalue weighted by atomic mass is 9.99. The molecule has 138 valence electrons. The largest absolute Gasteiger partial charge is 0.372 e. The van der Waals surface area contributed by atoms with Crippen molar-refractivity contribution in [2.45, 2.75) is 36.8 Å². The van der Waals surface area contributed by atoms with Crippen molar-refractivity contribution in [3.05, 3.63) is 35.9 Å². The van der Waals surface area contributed by atoms with Crippen molar-refractivity contribution in [1.29, 1.82) is 0 Å². The van der Waals surface area contributed by atoms with Crippen molar-refractivity contribution < 1.29 is 17.7 Å². The van der Waals surface area contributed by atoms with Gasteiger partial charge >= 0.3 is 0 Å². The Balaban J connectivity index is 1.63. The minimum Gasteiger partial charge on any atom is -0.372 e. The number of fused-ring (bicyclic) bond motifs is 1. The molecular formula is C16H19N5O4S. The summed E-state index contributed by atoms with van der Waals surface area (Å²) in [6, 6.07) is 1.15. The number of aromatic nitrogens is 4. The second-order valence-corrected chi connectivity index (χ2v) is 8.11. The first-order chi connectivity index (χ1) is 12.4. The molecule has 1 aliphatic rings. The lowest BCUT2D eigenvalue weighted by Gasteiger charge is -2.31. The van der Waals surface area contributed by atoms with E-state index in [2.05, 4.69) is 20.0 Å². The summed E-state index contributed by atoms with van der Waals surface area (Å²) >= 11 is 0. The maximum absolute atomic E-state index is 12.9. The summed E-state index contributed by atoms with van der Waals surface area (Å²) in [5.41, 5.74) is 1.76. The summed E-state index contributed by atoms with van der Waals surface area (Å²) in [6.45, 7) is 2.33. The summed E-state index contributed by atoms with van der Waals surface area (Å²) in [4.78, 5) is 4.12. The molecule has 26 heavy (non-hydrogen) atoms. The van der Waals surface area contributed by atoms with Crippen molar-refractivity contribution in [2.75, 3.05) is 6.61 Å². The Bertz CT molecular complexity index is 1040. The molecule has 3 aromatic rings. The Morgan fingerprint density at radius 2 is 2.19 bits per heavy atom. The van der Waals surface area contributed by atoms with E-state index < -0.39 is 10.0 Å². The summed E-state index contributed by atoms with van der Waals surface area (Å²) < 4.78 is 41.1. The van der Waals surface area contributed by atoms with Crippen LogP contribution in [0.25, 0.3) is 11.1 Å². The zero-order valence-electron chi connectivity index (χ0n) is 14.4. The highest BCUT2D eigenvalue weighted by Crippen LogP contribution is 2.29. The summed E-state index contributed by atoms with van der Waals surface area (Å²) in [7, 11) is -1.96. The van der Waals surface area contributed by atoms with Gasteiger partial charge in [-0.15, -0.1) is 0 Å². The number of aryl methyl sites for hydroxylation is 2. The molecule has 4 rings (SSSR count). The normalized spacial score (nSPS) is 21.3. The van der Waals surface area contributed by atoms with E-state index in [1.807, 2.05) is 13.2 Å². The van der Waals surface area contributed by atoms with Crippen LogP contribution in [-0.4, -0.2) is 41.0 Å². The van der Waals surface area contributed by atoms with Gasteiger partial charge in [-0.05, 0) is 25.8 Å². The molecule has 0 radical (unpaired) electrons. The second-order valence-electron chi connectivity index (χ2n) is 6.40. The Morgan fingerprint density at radius 1 is 1.35 bits per heavy atom. The van der Waals surface area contributed by atoms with Gasteiger partial charge in [0, 0.05) is 25.4 Å². The van der Waals surface area contributed by atoms with Crippen LogP contribution in [-0.2, 0) is 21.8 Å². The van der Waals surface area contributed by atoms with Crippen molar-refractivity contribution in [1.82, 2.24) is 24.6 Å². The van der Waals surface area contributed by atoms with Crippen molar-refractivity contribution >= 4 is 21.1 Å². The van der Waals surface area contributed by atoms with Gasteiger partial charge in [-0.3, -0.25) is 4.68 Å². The van der Waals surface area contributed by atoms with Gasteiger partial charge < -0.3 is 9.26 Å². The number of sulfonamides is 1. The molecule has 1 N–H and O–H groups in total. The van der Waals surface area contributed by atoms with Gasteiger partial charge in [0.1, 0.15) is 11.0 Å². The highest BCUT2D eigenvalue weighted by Gasteiger charge is 2.32. The third kappa shape index (κ3) is 3.11. The van der Waals surface area contributed by atoms with Crippen molar-refractivity contribution in [2.24, 2.45) is 7.05 Å². The van der Waals surface area contributed by atoms with Crippen LogP contribution in [0, 0.1) is 6.92 Å². The monoisotopic (exact) mass is 377 g/mol. The third-order valence-corrected chi connectivity index (χ3v) is 5.93. The predicted octanol–water partition coefficient (Wildman–Crippen LogP) is 1.46. The van der Waals surface area contributed by atoms with Crippen LogP contribution in [0.1, 0.15) is 30.2 Å². The molecular weight excluding hydrogens is 358 g/mol. The van der Waals surface area contributed by atoms with E-state index in [4.69, 9.17) is 9.26 Å². The van der Waals surface area contributed by atoms with Crippen molar-refractivity contribution in [3.8, 4) is 0 Å². The molecule has 3 aromatic heterocycles. The molecule has 0 unspecified atom stereocenters. The molecule has 1 aliphatic heterocycles. The zero-order chi connectivity index (χ0) is 18.3. The Hall–Kier alpha value is -2.30. The maximum atomic E-state index is 12.9. The SMILES string of the molecule is Cc1noc2ncc(S(=O)(=O)N[C@H]3CCCO[C@@H]3c3cnn(C)c3)cc12. The number of pyridine rings is 1. The van der Waals surface area contributed by atoms with E-state index in [-0.39, 0.29) is 17.0 Å². The molecule has 0 bridgehead atoms. The van der Waals surface area contributed by atoms with Gasteiger partial charge in [0.15, 0.2) is 0 Å². The molecule has 2 atom stereocenters. The fraction of sp³-hybridized carbons (Fsp3) is 0.438. The Labute approximate surface area is 150 Å². The highest BCUT2D eigenvalue weighted by atomic mass is 32.2. The van der Waals surface area contributed by atoms with Gasteiger partial charge in [0.2, 0.25) is 10.0 Å². The number of ether oxygens (including phenoxy) is 1. The zero-order valence-corrected chi connectivity index (χ0v) is 15.2. The molecule has 0 saturated carbocycles. The minimum atomic E-state index is -3.77. The van der Waals surface area contributed by atoms with Gasteiger partial charge in [-0.2, -0.15) is 5.10 Å². The topological polar surface area (TPSA) is 112 Å². The predicted molar refractivity (Wildman–Crippen MR) is 91.8 cm³/mol. The lowest BCUT2D eigenvalue weighted by molar-refractivity contribution is -0.00446. The fourth-order valence-corrected chi connectivity index (χ4v) is 4.40. The second kappa shape index (κ2) is 6.45. The van der Waals surface area contributed by atoms with Crippen LogP contribution in [0.4, 0.5) is 0 Å². The molecule has 0 amide bonds. The van der Waals surface area contributed by atoms with Gasteiger partial charge in [0.25, 0.3) is 5.71 Å². The van der Waals surface area contributed by atoms with Gasteiger partial charge in [-0.1, -0.05) is 5.16 Å². The first-order valence-electron chi connectivity index (χ1n) is 8.28. The minimum absolute atomic E-state index is 0.0758. The molecule has 0 aliphatic carbocycles. The van der Waals surface area contributed by atoms with Crippen LogP contribution >= 0.6 is 0 Å². The molecule has 4 heterocycles. The summed E-state index contributed by atoms with van der Waals surface area (Å²) in [5.74, 6) is 0. The average Bonchev–Trinajstić information content (AvgIpc) is 3.21. The first kappa shape index (κ1) is 17.1. The van der Waals surface area contributed by atoms with Crippen LogP contribution in [0.2, 0.25) is 0 Å². The fourth-order valence-electron chi connectivity index (χ4n) is 3.16. The lowest BCUT2D eigenvalue weighted by Crippen LogP contribution is -2.42. The summed E-state index contributed by atoms with van der Waals surface area (Å²) in [5, 5.41) is 8.54. The van der Waals surface area contributed by atoms with E-state index in [1.165, 1.54) is 12.3 Å². The number of rotatable bonds is 4. The number of hydrogen-bond donors (Lipinski definition) is 1. The molecule has 0 aromatic carbocycles. The molecule has 10 heteroatoms. The van der Waals surface area contributed by atoms with Gasteiger partial charge in [-0.25, -0.2) is 18.1 Å². The molecule has 0 spiro atoms. The molecule has 1 saturated heterocycles. The third-order valence-electron chi connectivity index (χ3n) is 4.48. The average molecular weight is 377 g/mol. The Kier molecular flexibility index (Phi) is 4.25. The van der Waals surface area contributed by atoms with Crippen LogP contribution in [0.3, 0.4) is 0 Å². The van der Waals surface area contributed by atoms with E-state index in [1.54, 1.807) is 17.8 Å². The first-order valence-corrected chi connectivity index (χ1v) is 9.77. The number of nitrogens with zero attached hydrogens (tertiary/aromatic N) is 4. The van der Waals surface area contributed by atoms with E-state index in [0.29, 0.717) is 29.8 Å². The maximum Gasteiger partial charge on any atom is 0.257 e. The van der Waals surface area contributed by atoms with E-state index in [9.17, 15) is 8.42 Å². The number of hydrogen-bond acceptors (Lipinski definition) is 7. The Morgan fingerprint density at radius 3 is 2.96 bits per heavy atom. The standard InChI is InChI=1S/C16H19N5O4S/c1-10-13-6-12(8-17-16(13)25-19-10)26(22,23)20-14-4-3-5-24-15(14)11-7-18-21(2)9-11/h6-9,14-15,20H,3-5H2,1-2H3/t14-,15+/m0/s1. The van der Waals surface area contributed by atoms with Crippen LogP contribution in [0.5, 0.6) is 0 Å².